The molecule has 2 rings (SSSR count). The van der Waals surface area contributed by atoms with Crippen molar-refractivity contribution in [3.05, 3.63) is 29.3 Å². The van der Waals surface area contributed by atoms with Crippen molar-refractivity contribution in [3.63, 3.8) is 0 Å². The molecule has 0 aromatic heterocycles. The summed E-state index contributed by atoms with van der Waals surface area (Å²) in [7, 11) is 0. The van der Waals surface area contributed by atoms with E-state index >= 15 is 0 Å². The first kappa shape index (κ1) is 15.8. The van der Waals surface area contributed by atoms with Crippen LogP contribution in [0.4, 0.5) is 0 Å². The second-order valence-corrected chi connectivity index (χ2v) is 6.35. The largest absolute Gasteiger partial charge is 0.486 e. The lowest BCUT2D eigenvalue weighted by Gasteiger charge is -2.40. The summed E-state index contributed by atoms with van der Waals surface area (Å²) >= 11 is 0. The van der Waals surface area contributed by atoms with Crippen LogP contribution in [0.15, 0.2) is 18.2 Å². The predicted molar refractivity (Wildman–Crippen MR) is 82.4 cm³/mol. The van der Waals surface area contributed by atoms with Crippen LogP contribution in [-0.4, -0.2) is 41.2 Å². The van der Waals surface area contributed by atoms with Crippen LogP contribution in [0, 0.1) is 19.8 Å². The minimum atomic E-state index is -0.883. The molecule has 21 heavy (non-hydrogen) atoms. The van der Waals surface area contributed by atoms with Gasteiger partial charge in [0.15, 0.2) is 0 Å². The van der Waals surface area contributed by atoms with Crippen LogP contribution in [-0.2, 0) is 4.79 Å². The van der Waals surface area contributed by atoms with Crippen LogP contribution in [0.1, 0.15) is 31.4 Å². The number of benzene rings is 1. The first-order valence-corrected chi connectivity index (χ1v) is 7.58. The molecular formula is C17H25NO3. The standard InChI is InChI=1S/C17H25NO3/c1-11(2)8-15(19)17(20)18-9-14(10-18)21-16-12(3)6-5-7-13(16)4/h5-7,11,14-15,19H,8-10H2,1-4H3/t15-/m0/s1. The van der Waals surface area contributed by atoms with Gasteiger partial charge in [-0.25, -0.2) is 0 Å². The smallest absolute Gasteiger partial charge is 0.251 e. The van der Waals surface area contributed by atoms with Gasteiger partial charge in [-0.3, -0.25) is 4.79 Å². The lowest BCUT2D eigenvalue weighted by molar-refractivity contribution is -0.150. The highest BCUT2D eigenvalue weighted by Gasteiger charge is 2.35. The Kier molecular flexibility index (Phi) is 4.88. The molecule has 1 atom stereocenters. The number of ether oxygens (including phenoxy) is 1. The SMILES string of the molecule is Cc1cccc(C)c1OC1CN(C(=O)[C@@H](O)CC(C)C)C1. The number of nitrogens with zero attached hydrogens (tertiary/aromatic N) is 1. The third kappa shape index (κ3) is 3.76. The van der Waals surface area contributed by atoms with Crippen LogP contribution >= 0.6 is 0 Å². The number of aliphatic hydroxyl groups excluding tert-OH is 1. The van der Waals surface area contributed by atoms with E-state index in [-0.39, 0.29) is 12.0 Å². The summed E-state index contributed by atoms with van der Waals surface area (Å²) in [4.78, 5) is 13.7. The Bertz CT molecular complexity index is 487. The van der Waals surface area contributed by atoms with Crippen molar-refractivity contribution in [3.8, 4) is 5.75 Å². The molecule has 4 heteroatoms. The maximum Gasteiger partial charge on any atom is 0.251 e. The molecular weight excluding hydrogens is 266 g/mol. The zero-order valence-electron chi connectivity index (χ0n) is 13.3. The fourth-order valence-electron chi connectivity index (χ4n) is 2.60. The second kappa shape index (κ2) is 6.48. The summed E-state index contributed by atoms with van der Waals surface area (Å²) in [5.41, 5.74) is 2.22. The molecule has 1 aliphatic heterocycles. The molecule has 1 amide bonds. The first-order chi connectivity index (χ1) is 9.88. The number of carbonyl (C=O) groups excluding carboxylic acids is 1. The van der Waals surface area contributed by atoms with Crippen molar-refractivity contribution < 1.29 is 14.6 Å². The molecule has 0 unspecified atom stereocenters. The molecule has 0 aliphatic carbocycles. The van der Waals surface area contributed by atoms with Gasteiger partial charge in [-0.05, 0) is 37.3 Å². The Morgan fingerprint density at radius 3 is 2.43 bits per heavy atom. The van der Waals surface area contributed by atoms with E-state index in [0.717, 1.165) is 16.9 Å². The van der Waals surface area contributed by atoms with Crippen molar-refractivity contribution in [1.82, 2.24) is 4.90 Å². The van der Waals surface area contributed by atoms with Crippen molar-refractivity contribution >= 4 is 5.91 Å². The Labute approximate surface area is 126 Å². The molecule has 1 N–H and O–H groups in total. The Balaban J connectivity index is 1.85. The number of amides is 1. The molecule has 116 valence electrons. The number of aliphatic hydroxyl groups is 1. The van der Waals surface area contributed by atoms with Crippen molar-refractivity contribution in [2.24, 2.45) is 5.92 Å². The number of para-hydroxylation sites is 1. The van der Waals surface area contributed by atoms with Crippen molar-refractivity contribution in [2.75, 3.05) is 13.1 Å². The minimum Gasteiger partial charge on any atom is -0.486 e. The third-order valence-electron chi connectivity index (χ3n) is 3.83. The van der Waals surface area contributed by atoms with Gasteiger partial charge in [0.05, 0.1) is 13.1 Å². The van der Waals surface area contributed by atoms with E-state index in [2.05, 4.69) is 0 Å². The number of hydrogen-bond acceptors (Lipinski definition) is 3. The van der Waals surface area contributed by atoms with E-state index in [1.54, 1.807) is 4.90 Å². The summed E-state index contributed by atoms with van der Waals surface area (Å²) in [6.45, 7) is 9.16. The third-order valence-corrected chi connectivity index (χ3v) is 3.83. The van der Waals surface area contributed by atoms with E-state index in [0.29, 0.717) is 25.4 Å². The Morgan fingerprint density at radius 2 is 1.90 bits per heavy atom. The van der Waals surface area contributed by atoms with Crippen LogP contribution in [0.5, 0.6) is 5.75 Å². The molecule has 0 spiro atoms. The van der Waals surface area contributed by atoms with Gasteiger partial charge in [0.1, 0.15) is 18.0 Å². The monoisotopic (exact) mass is 291 g/mol. The van der Waals surface area contributed by atoms with E-state index < -0.39 is 6.10 Å². The van der Waals surface area contributed by atoms with Crippen molar-refractivity contribution in [1.29, 1.82) is 0 Å². The zero-order chi connectivity index (χ0) is 15.6. The van der Waals surface area contributed by atoms with Gasteiger partial charge in [-0.15, -0.1) is 0 Å². The molecule has 0 saturated carbocycles. The zero-order valence-corrected chi connectivity index (χ0v) is 13.3. The summed E-state index contributed by atoms with van der Waals surface area (Å²) in [6.07, 6.45) is -0.344. The van der Waals surface area contributed by atoms with E-state index in [9.17, 15) is 9.90 Å². The fraction of sp³-hybridized carbons (Fsp3) is 0.588. The molecule has 0 bridgehead atoms. The fourth-order valence-corrected chi connectivity index (χ4v) is 2.60. The van der Waals surface area contributed by atoms with Crippen molar-refractivity contribution in [2.45, 2.75) is 46.3 Å². The van der Waals surface area contributed by atoms with Gasteiger partial charge < -0.3 is 14.7 Å². The van der Waals surface area contributed by atoms with Crippen LogP contribution in [0.3, 0.4) is 0 Å². The molecule has 0 radical (unpaired) electrons. The minimum absolute atomic E-state index is 0.0278. The maximum atomic E-state index is 12.0. The van der Waals surface area contributed by atoms with Gasteiger partial charge in [0.2, 0.25) is 0 Å². The van der Waals surface area contributed by atoms with Gasteiger partial charge >= 0.3 is 0 Å². The lowest BCUT2D eigenvalue weighted by Crippen LogP contribution is -2.58. The van der Waals surface area contributed by atoms with E-state index in [4.69, 9.17) is 4.74 Å². The number of likely N-dealkylation sites (tertiary alicyclic amines) is 1. The predicted octanol–water partition coefficient (Wildman–Crippen LogP) is 2.30. The summed E-state index contributed by atoms with van der Waals surface area (Å²) in [5, 5.41) is 9.86. The molecule has 1 aromatic rings. The van der Waals surface area contributed by atoms with Crippen LogP contribution < -0.4 is 4.74 Å². The average molecular weight is 291 g/mol. The molecule has 4 nitrogen and oxygen atoms in total. The molecule has 1 fully saturated rings. The van der Waals surface area contributed by atoms with E-state index in [1.165, 1.54) is 0 Å². The molecule has 1 aliphatic rings. The van der Waals surface area contributed by atoms with Gasteiger partial charge in [-0.1, -0.05) is 32.0 Å². The number of carbonyl (C=O) groups is 1. The van der Waals surface area contributed by atoms with E-state index in [1.807, 2.05) is 45.9 Å². The maximum absolute atomic E-state index is 12.0. The van der Waals surface area contributed by atoms with Gasteiger partial charge in [-0.2, -0.15) is 0 Å². The van der Waals surface area contributed by atoms with Gasteiger partial charge in [0, 0.05) is 0 Å². The van der Waals surface area contributed by atoms with Crippen LogP contribution in [0.2, 0.25) is 0 Å². The Morgan fingerprint density at radius 1 is 1.33 bits per heavy atom. The van der Waals surface area contributed by atoms with Crippen LogP contribution in [0.25, 0.3) is 0 Å². The lowest BCUT2D eigenvalue weighted by atomic mass is 10.0. The highest BCUT2D eigenvalue weighted by atomic mass is 16.5. The first-order valence-electron chi connectivity index (χ1n) is 7.58. The quantitative estimate of drug-likeness (QED) is 0.905. The molecule has 1 saturated heterocycles. The molecule has 1 heterocycles. The van der Waals surface area contributed by atoms with Gasteiger partial charge in [0.25, 0.3) is 5.91 Å². The Hall–Kier alpha value is -1.55. The highest BCUT2D eigenvalue weighted by Crippen LogP contribution is 2.26. The normalized spacial score (nSPS) is 16.8. The summed E-state index contributed by atoms with van der Waals surface area (Å²) < 4.78 is 5.98. The summed E-state index contributed by atoms with van der Waals surface area (Å²) in [5.74, 6) is 1.05. The number of aryl methyl sites for hydroxylation is 2. The number of hydrogen-bond donors (Lipinski definition) is 1. The highest BCUT2D eigenvalue weighted by molar-refractivity contribution is 5.81. The topological polar surface area (TPSA) is 49.8 Å². The number of rotatable bonds is 5. The molecule has 1 aromatic carbocycles. The summed E-state index contributed by atoms with van der Waals surface area (Å²) in [6, 6.07) is 6.06. The average Bonchev–Trinajstić information content (AvgIpc) is 2.34. The second-order valence-electron chi connectivity index (χ2n) is 6.35.